The number of carbonyl (C=O) groups is 2. The second-order valence-corrected chi connectivity index (χ2v) is 16.7. The Balaban J connectivity index is 1.45. The molecule has 0 saturated carbocycles. The van der Waals surface area contributed by atoms with Crippen molar-refractivity contribution in [1.29, 1.82) is 0 Å². The Morgan fingerprint density at radius 2 is 1.25 bits per heavy atom. The normalized spacial score (nSPS) is 24.5. The molecule has 2 aliphatic rings. The Kier molecular flexibility index (Phi) is 20.4. The predicted molar refractivity (Wildman–Crippen MR) is 197 cm³/mol. The molecule has 299 valence electrons. The standard InChI is InChI=1S/C38H74N5O8/c1-8-9-10-11-20-23-26-50-36-32(46)31(45)34(51-36)33(47)35(48)40-25-22-19-17-15-13-12-14-16-18-21-24-39-30(44)27-43(6,7)41-28-37(2,3)42(49)38(4,5)29-41/h31-34,36,45-47H,8-29H2,1-7H3,(H-,39,40,44,48)/p+1/t31-,32-,33+,34+,36-/m1/s1. The Bertz CT molecular complexity index is 981. The monoisotopic (exact) mass is 730 g/mol. The van der Waals surface area contributed by atoms with Crippen LogP contribution in [-0.4, -0.2) is 137 Å². The molecule has 0 spiro atoms. The zero-order valence-electron chi connectivity index (χ0n) is 33.2. The summed E-state index contributed by atoms with van der Waals surface area (Å²) in [6.45, 7) is 13.1. The maximum Gasteiger partial charge on any atom is 0.277 e. The van der Waals surface area contributed by atoms with Gasteiger partial charge in [-0.3, -0.25) is 9.59 Å². The summed E-state index contributed by atoms with van der Waals surface area (Å²) in [4.78, 5) is 25.2. The Morgan fingerprint density at radius 1 is 0.784 bits per heavy atom. The van der Waals surface area contributed by atoms with Gasteiger partial charge in [0, 0.05) is 19.7 Å². The first-order valence-electron chi connectivity index (χ1n) is 19.9. The van der Waals surface area contributed by atoms with Gasteiger partial charge in [-0.05, 0) is 47.0 Å². The van der Waals surface area contributed by atoms with Gasteiger partial charge in [0.25, 0.3) is 11.8 Å². The van der Waals surface area contributed by atoms with Crippen LogP contribution in [0.5, 0.6) is 0 Å². The summed E-state index contributed by atoms with van der Waals surface area (Å²) in [7, 11) is 4.07. The number of nitrogens with one attached hydrogen (secondary N) is 2. The van der Waals surface area contributed by atoms with E-state index in [0.29, 0.717) is 43.9 Å². The van der Waals surface area contributed by atoms with Gasteiger partial charge in [-0.25, -0.2) is 4.59 Å². The molecule has 2 amide bonds. The molecule has 0 bridgehead atoms. The molecule has 5 atom stereocenters. The Morgan fingerprint density at radius 3 is 1.78 bits per heavy atom. The summed E-state index contributed by atoms with van der Waals surface area (Å²) in [5.41, 5.74) is -1.03. The summed E-state index contributed by atoms with van der Waals surface area (Å²) in [5, 5.41) is 53.0. The van der Waals surface area contributed by atoms with Gasteiger partial charge in [-0.1, -0.05) is 90.4 Å². The lowest BCUT2D eigenvalue weighted by Gasteiger charge is -2.54. The highest BCUT2D eigenvalue weighted by molar-refractivity contribution is 5.81. The minimum atomic E-state index is -1.58. The minimum absolute atomic E-state index is 0.0370. The SMILES string of the molecule is CCCCCCCCO[C@@H]1O[C@H]([C@H](O)C(=O)NCCCCCCCCCCCCNC(=O)C[N+](C)(C)N2CC(C)(C)N([O])C(C)(C)C2)[C@H](O)[C@H]1O. The summed E-state index contributed by atoms with van der Waals surface area (Å²) in [6, 6.07) is 0. The van der Waals surface area contributed by atoms with Gasteiger partial charge in [0.15, 0.2) is 18.9 Å². The molecule has 2 heterocycles. The third-order valence-corrected chi connectivity index (χ3v) is 10.4. The second kappa shape index (κ2) is 22.7. The maximum atomic E-state index is 12.7. The van der Waals surface area contributed by atoms with Crippen molar-refractivity contribution in [2.24, 2.45) is 0 Å². The van der Waals surface area contributed by atoms with Gasteiger partial charge in [0.05, 0.1) is 38.3 Å². The molecule has 2 rings (SSSR count). The zero-order valence-corrected chi connectivity index (χ0v) is 33.2. The summed E-state index contributed by atoms with van der Waals surface area (Å²) in [6.07, 6.45) is 10.7. The highest BCUT2D eigenvalue weighted by Gasteiger charge is 2.50. The lowest BCUT2D eigenvalue weighted by molar-refractivity contribution is -1.000. The number of ether oxygens (including phenoxy) is 2. The van der Waals surface area contributed by atoms with E-state index in [2.05, 4.69) is 22.6 Å². The van der Waals surface area contributed by atoms with Crippen LogP contribution in [0.15, 0.2) is 0 Å². The van der Waals surface area contributed by atoms with Crippen molar-refractivity contribution in [2.45, 2.75) is 179 Å². The number of quaternary nitrogens is 1. The van der Waals surface area contributed by atoms with Crippen molar-refractivity contribution in [2.75, 3.05) is 53.4 Å². The molecule has 13 nitrogen and oxygen atoms in total. The third kappa shape index (κ3) is 15.8. The number of hydroxylamine groups is 2. The number of aliphatic hydroxyl groups excluding tert-OH is 3. The van der Waals surface area contributed by atoms with E-state index in [4.69, 9.17) is 9.47 Å². The molecule has 51 heavy (non-hydrogen) atoms. The number of rotatable bonds is 26. The average Bonchev–Trinajstić information content (AvgIpc) is 3.34. The quantitative estimate of drug-likeness (QED) is 0.0658. The molecular weight excluding hydrogens is 654 g/mol. The van der Waals surface area contributed by atoms with E-state index in [0.717, 1.165) is 64.2 Å². The number of unbranched alkanes of at least 4 members (excludes halogenated alkanes) is 14. The van der Waals surface area contributed by atoms with Crippen molar-refractivity contribution >= 4 is 11.8 Å². The highest BCUT2D eigenvalue weighted by Crippen LogP contribution is 2.32. The summed E-state index contributed by atoms with van der Waals surface area (Å²) >= 11 is 0. The fourth-order valence-corrected chi connectivity index (χ4v) is 7.30. The van der Waals surface area contributed by atoms with E-state index in [1.54, 1.807) is 0 Å². The lowest BCUT2D eigenvalue weighted by atomic mass is 9.91. The summed E-state index contributed by atoms with van der Waals surface area (Å²) < 4.78 is 11.5. The highest BCUT2D eigenvalue weighted by atomic mass is 16.7. The third-order valence-electron chi connectivity index (χ3n) is 10.4. The number of aliphatic hydroxyl groups is 3. The van der Waals surface area contributed by atoms with E-state index >= 15 is 0 Å². The topological polar surface area (TPSA) is 164 Å². The van der Waals surface area contributed by atoms with Gasteiger partial charge in [0.1, 0.15) is 18.3 Å². The molecule has 2 aliphatic heterocycles. The number of piperazine rings is 1. The van der Waals surface area contributed by atoms with Crippen LogP contribution < -0.4 is 10.6 Å². The van der Waals surface area contributed by atoms with E-state index in [-0.39, 0.29) is 5.91 Å². The smallest absolute Gasteiger partial charge is 0.277 e. The van der Waals surface area contributed by atoms with Crippen LogP contribution >= 0.6 is 0 Å². The second-order valence-electron chi connectivity index (χ2n) is 16.7. The molecule has 0 aromatic rings. The number of amides is 2. The van der Waals surface area contributed by atoms with Crippen molar-refractivity contribution < 1.29 is 44.2 Å². The number of hydrogen-bond acceptors (Lipinski definition) is 9. The molecular formula is C38H75N5O8+. The van der Waals surface area contributed by atoms with Crippen molar-refractivity contribution in [1.82, 2.24) is 20.7 Å². The number of hydrogen-bond donors (Lipinski definition) is 5. The molecule has 1 radical (unpaired) electrons. The van der Waals surface area contributed by atoms with Gasteiger partial charge in [-0.2, -0.15) is 5.01 Å². The van der Waals surface area contributed by atoms with Crippen molar-refractivity contribution in [3.8, 4) is 0 Å². The van der Waals surface area contributed by atoms with E-state index < -0.39 is 47.7 Å². The van der Waals surface area contributed by atoms with E-state index in [1.165, 1.54) is 43.6 Å². The van der Waals surface area contributed by atoms with Crippen molar-refractivity contribution in [3.05, 3.63) is 0 Å². The first kappa shape index (κ1) is 45.7. The van der Waals surface area contributed by atoms with Gasteiger partial charge in [0.2, 0.25) is 0 Å². The first-order valence-corrected chi connectivity index (χ1v) is 19.9. The number of nitrogens with zero attached hydrogens (tertiary/aromatic N) is 3. The number of likely N-dealkylation sites (N-methyl/N-ethyl adjacent to an activating group) is 1. The fraction of sp³-hybridized carbons (Fsp3) is 0.947. The zero-order chi connectivity index (χ0) is 38.1. The molecule has 13 heteroatoms. The van der Waals surface area contributed by atoms with Crippen LogP contribution in [-0.2, 0) is 24.3 Å². The Hall–Kier alpha value is -1.42. The van der Waals surface area contributed by atoms with Crippen LogP contribution in [0.25, 0.3) is 0 Å². The van der Waals surface area contributed by atoms with Crippen LogP contribution in [0.4, 0.5) is 0 Å². The largest absolute Gasteiger partial charge is 0.387 e. The minimum Gasteiger partial charge on any atom is -0.387 e. The lowest BCUT2D eigenvalue weighted by Crippen LogP contribution is -2.73. The van der Waals surface area contributed by atoms with Gasteiger partial charge >= 0.3 is 0 Å². The molecule has 0 unspecified atom stereocenters. The van der Waals surface area contributed by atoms with Crippen LogP contribution in [0.3, 0.4) is 0 Å². The molecule has 0 aliphatic carbocycles. The predicted octanol–water partition coefficient (Wildman–Crippen LogP) is 3.82. The first-order chi connectivity index (χ1) is 24.0. The maximum absolute atomic E-state index is 12.7. The van der Waals surface area contributed by atoms with E-state index in [1.807, 2.05) is 41.8 Å². The molecule has 2 saturated heterocycles. The van der Waals surface area contributed by atoms with Gasteiger partial charge < -0.3 is 35.4 Å². The van der Waals surface area contributed by atoms with E-state index in [9.17, 15) is 30.1 Å². The van der Waals surface area contributed by atoms with Crippen molar-refractivity contribution in [3.63, 3.8) is 0 Å². The van der Waals surface area contributed by atoms with Crippen LogP contribution in [0, 0.1) is 0 Å². The molecule has 2 fully saturated rings. The molecule has 0 aromatic heterocycles. The fourth-order valence-electron chi connectivity index (χ4n) is 7.30. The number of carbonyl (C=O) groups excluding carboxylic acids is 2. The average molecular weight is 730 g/mol. The van der Waals surface area contributed by atoms with Crippen LogP contribution in [0.2, 0.25) is 0 Å². The Labute approximate surface area is 308 Å². The van der Waals surface area contributed by atoms with Crippen LogP contribution in [0.1, 0.15) is 137 Å². The summed E-state index contributed by atoms with van der Waals surface area (Å²) in [5.74, 6) is -0.580. The molecule has 0 aromatic carbocycles. The molecule has 5 N–H and O–H groups in total. The van der Waals surface area contributed by atoms with Gasteiger partial charge in [-0.15, -0.1) is 10.3 Å².